The molecule has 0 aliphatic carbocycles. The van der Waals surface area contributed by atoms with E-state index in [1.807, 2.05) is 12.1 Å². The molecule has 0 radical (unpaired) electrons. The number of hydrogen-bond donors (Lipinski definition) is 2. The maximum absolute atomic E-state index is 11.8. The number of piperidine rings is 1. The third kappa shape index (κ3) is 4.32. The van der Waals surface area contributed by atoms with Crippen molar-refractivity contribution in [1.82, 2.24) is 9.88 Å². The van der Waals surface area contributed by atoms with Crippen LogP contribution in [-0.4, -0.2) is 30.2 Å². The van der Waals surface area contributed by atoms with Crippen LogP contribution in [0.5, 0.6) is 5.75 Å². The molecule has 1 amide bonds. The number of rotatable bonds is 6. The molecule has 3 N–H and O–H groups in total. The molecule has 3 unspecified atom stereocenters. The Balaban J connectivity index is 1.50. The first-order valence-corrected chi connectivity index (χ1v) is 12.3. The first-order chi connectivity index (χ1) is 17.0. The van der Waals surface area contributed by atoms with Crippen LogP contribution in [-0.2, 0) is 0 Å². The van der Waals surface area contributed by atoms with E-state index < -0.39 is 5.91 Å². The Morgan fingerprint density at radius 3 is 2.66 bits per heavy atom. The number of nitrogens with zero attached hydrogens (tertiary/aromatic N) is 1. The number of nitrogens with one attached hydrogen (secondary N) is 1. The van der Waals surface area contributed by atoms with E-state index in [4.69, 9.17) is 10.5 Å². The van der Waals surface area contributed by atoms with Crippen molar-refractivity contribution in [2.45, 2.75) is 44.7 Å². The van der Waals surface area contributed by atoms with Crippen molar-refractivity contribution in [3.63, 3.8) is 0 Å². The van der Waals surface area contributed by atoms with Gasteiger partial charge in [0.1, 0.15) is 5.75 Å². The quantitative estimate of drug-likeness (QED) is 0.375. The molecule has 1 aliphatic rings. The maximum Gasteiger partial charge on any atom is 0.248 e. The summed E-state index contributed by atoms with van der Waals surface area (Å²) >= 11 is 0. The van der Waals surface area contributed by atoms with E-state index in [2.05, 4.69) is 78.5 Å². The molecule has 5 nitrogen and oxygen atoms in total. The highest BCUT2D eigenvalue weighted by molar-refractivity contribution is 5.97. The molecular formula is C30H33N3O2. The van der Waals surface area contributed by atoms with E-state index in [1.165, 1.54) is 22.3 Å². The summed E-state index contributed by atoms with van der Waals surface area (Å²) in [6.07, 6.45) is 4.16. The zero-order chi connectivity index (χ0) is 24.5. The number of nitrogens with two attached hydrogens (primary N) is 1. The lowest BCUT2D eigenvalue weighted by Crippen LogP contribution is -2.42. The smallest absolute Gasteiger partial charge is 0.248 e. The topological polar surface area (TPSA) is 69.3 Å². The lowest BCUT2D eigenvalue weighted by molar-refractivity contribution is 0.100. The van der Waals surface area contributed by atoms with Gasteiger partial charge < -0.3 is 20.4 Å². The molecule has 0 bridgehead atoms. The van der Waals surface area contributed by atoms with Crippen molar-refractivity contribution in [3.8, 4) is 16.9 Å². The second-order valence-corrected chi connectivity index (χ2v) is 9.62. The second-order valence-electron chi connectivity index (χ2n) is 9.62. The number of benzene rings is 3. The number of amides is 1. The Morgan fingerprint density at radius 1 is 1.09 bits per heavy atom. The van der Waals surface area contributed by atoms with Crippen molar-refractivity contribution in [2.75, 3.05) is 13.7 Å². The number of methoxy groups -OCH3 is 1. The van der Waals surface area contributed by atoms with Gasteiger partial charge in [0.2, 0.25) is 5.91 Å². The Morgan fingerprint density at radius 2 is 1.89 bits per heavy atom. The minimum Gasteiger partial charge on any atom is -0.496 e. The molecule has 1 aliphatic heterocycles. The third-order valence-electron chi connectivity index (χ3n) is 7.59. The number of primary amides is 1. The largest absolute Gasteiger partial charge is 0.496 e. The summed E-state index contributed by atoms with van der Waals surface area (Å²) < 4.78 is 8.20. The maximum atomic E-state index is 11.8. The zero-order valence-corrected chi connectivity index (χ0v) is 20.6. The summed E-state index contributed by atoms with van der Waals surface area (Å²) in [5.74, 6) is 0.780. The first kappa shape index (κ1) is 23.2. The van der Waals surface area contributed by atoms with Crippen LogP contribution in [0.25, 0.3) is 22.0 Å². The summed E-state index contributed by atoms with van der Waals surface area (Å²) in [6.45, 7) is 5.40. The molecule has 0 spiro atoms. The van der Waals surface area contributed by atoms with Gasteiger partial charge in [-0.15, -0.1) is 0 Å². The van der Waals surface area contributed by atoms with Gasteiger partial charge in [-0.1, -0.05) is 49.4 Å². The van der Waals surface area contributed by atoms with E-state index in [9.17, 15) is 4.79 Å². The van der Waals surface area contributed by atoms with Gasteiger partial charge in [-0.05, 0) is 72.7 Å². The van der Waals surface area contributed by atoms with Gasteiger partial charge in [0.25, 0.3) is 0 Å². The predicted octanol–water partition coefficient (Wildman–Crippen LogP) is 5.82. The summed E-state index contributed by atoms with van der Waals surface area (Å²) in [5, 5.41) is 4.92. The van der Waals surface area contributed by atoms with Crippen molar-refractivity contribution in [2.24, 2.45) is 5.73 Å². The van der Waals surface area contributed by atoms with Crippen molar-refractivity contribution >= 4 is 16.8 Å². The normalized spacial score (nSPS) is 18.9. The fourth-order valence-electron chi connectivity index (χ4n) is 5.69. The second kappa shape index (κ2) is 9.59. The SMILES string of the molecule is COc1cccc(-c2ccccc2C)c1C(C)C1CC(n2ccc3ccc(C(N)=O)cc32)CCN1. The van der Waals surface area contributed by atoms with Crippen LogP contribution >= 0.6 is 0 Å². The van der Waals surface area contributed by atoms with Gasteiger partial charge in [-0.25, -0.2) is 0 Å². The number of ether oxygens (including phenoxy) is 1. The van der Waals surface area contributed by atoms with Crippen LogP contribution in [0.2, 0.25) is 0 Å². The molecule has 5 heteroatoms. The molecule has 5 rings (SSSR count). The number of aryl methyl sites for hydroxylation is 1. The molecule has 2 heterocycles. The van der Waals surface area contributed by atoms with Crippen LogP contribution in [0.15, 0.2) is 72.9 Å². The number of aromatic nitrogens is 1. The molecule has 1 aromatic heterocycles. The molecule has 35 heavy (non-hydrogen) atoms. The molecule has 180 valence electrons. The average molecular weight is 468 g/mol. The number of hydrogen-bond acceptors (Lipinski definition) is 3. The van der Waals surface area contributed by atoms with Gasteiger partial charge in [-0.2, -0.15) is 0 Å². The van der Waals surface area contributed by atoms with Crippen molar-refractivity contribution in [1.29, 1.82) is 0 Å². The fourth-order valence-corrected chi connectivity index (χ4v) is 5.69. The molecular weight excluding hydrogens is 434 g/mol. The van der Waals surface area contributed by atoms with Crippen molar-refractivity contribution in [3.05, 3.63) is 89.6 Å². The lowest BCUT2D eigenvalue weighted by Gasteiger charge is -2.36. The van der Waals surface area contributed by atoms with Crippen LogP contribution < -0.4 is 15.8 Å². The molecule has 4 aromatic rings. The molecule has 3 atom stereocenters. The molecule has 0 saturated carbocycles. The molecule has 1 fully saturated rings. The monoisotopic (exact) mass is 467 g/mol. The van der Waals surface area contributed by atoms with Gasteiger partial charge >= 0.3 is 0 Å². The van der Waals surface area contributed by atoms with E-state index in [0.29, 0.717) is 11.6 Å². The van der Waals surface area contributed by atoms with E-state index >= 15 is 0 Å². The Bertz CT molecular complexity index is 1370. The number of carbonyl (C=O) groups is 1. The van der Waals surface area contributed by atoms with Crippen LogP contribution in [0.4, 0.5) is 0 Å². The first-order valence-electron chi connectivity index (χ1n) is 12.3. The van der Waals surface area contributed by atoms with Crippen LogP contribution in [0, 0.1) is 6.92 Å². The van der Waals surface area contributed by atoms with E-state index in [-0.39, 0.29) is 12.0 Å². The highest BCUT2D eigenvalue weighted by atomic mass is 16.5. The van der Waals surface area contributed by atoms with Crippen LogP contribution in [0.3, 0.4) is 0 Å². The minimum absolute atomic E-state index is 0.242. The van der Waals surface area contributed by atoms with Gasteiger partial charge in [-0.3, -0.25) is 4.79 Å². The summed E-state index contributed by atoms with van der Waals surface area (Å²) in [7, 11) is 1.76. The molecule has 3 aromatic carbocycles. The van der Waals surface area contributed by atoms with E-state index in [0.717, 1.165) is 36.0 Å². The predicted molar refractivity (Wildman–Crippen MR) is 142 cm³/mol. The Labute approximate surface area is 206 Å². The van der Waals surface area contributed by atoms with Crippen molar-refractivity contribution < 1.29 is 9.53 Å². The van der Waals surface area contributed by atoms with E-state index in [1.54, 1.807) is 13.2 Å². The highest BCUT2D eigenvalue weighted by Gasteiger charge is 2.31. The fraction of sp³-hybridized carbons (Fsp3) is 0.300. The number of fused-ring (bicyclic) bond motifs is 1. The Hall–Kier alpha value is -3.57. The number of carbonyl (C=O) groups excluding carboxylic acids is 1. The minimum atomic E-state index is -0.392. The van der Waals surface area contributed by atoms with Crippen LogP contribution in [0.1, 0.15) is 53.2 Å². The highest BCUT2D eigenvalue weighted by Crippen LogP contribution is 2.41. The van der Waals surface area contributed by atoms with Gasteiger partial charge in [0, 0.05) is 40.8 Å². The summed E-state index contributed by atoms with van der Waals surface area (Å²) in [6, 6.07) is 23.3. The zero-order valence-electron chi connectivity index (χ0n) is 20.6. The molecule has 1 saturated heterocycles. The Kier molecular flexibility index (Phi) is 6.35. The third-order valence-corrected chi connectivity index (χ3v) is 7.59. The summed E-state index contributed by atoms with van der Waals surface area (Å²) in [4.78, 5) is 11.8. The van der Waals surface area contributed by atoms with Gasteiger partial charge in [0.15, 0.2) is 0 Å². The van der Waals surface area contributed by atoms with Gasteiger partial charge in [0.05, 0.1) is 7.11 Å². The lowest BCUT2D eigenvalue weighted by atomic mass is 9.81. The standard InChI is InChI=1S/C30H33N3O2/c1-19-7-4-5-8-24(19)25-9-6-10-28(35-3)29(25)20(2)26-18-23(13-15-32-26)33-16-14-21-11-12-22(30(31)34)17-27(21)33/h4-12,14,16-17,20,23,26,32H,13,15,18H2,1-3H3,(H2,31,34). The summed E-state index contributed by atoms with van der Waals surface area (Å²) in [5.41, 5.74) is 12.2. The average Bonchev–Trinajstić information content (AvgIpc) is 3.31.